The summed E-state index contributed by atoms with van der Waals surface area (Å²) in [6.45, 7) is 2.99. The van der Waals surface area contributed by atoms with Gasteiger partial charge in [0.1, 0.15) is 5.82 Å². The fourth-order valence-corrected chi connectivity index (χ4v) is 2.16. The molecule has 2 N–H and O–H groups in total. The second-order valence-corrected chi connectivity index (χ2v) is 4.64. The molecule has 0 radical (unpaired) electrons. The highest BCUT2D eigenvalue weighted by Crippen LogP contribution is 2.16. The number of carbonyl (C=O) groups is 1. The second-order valence-electron chi connectivity index (χ2n) is 4.64. The van der Waals surface area contributed by atoms with E-state index in [0.29, 0.717) is 13.1 Å². The third-order valence-electron chi connectivity index (χ3n) is 3.10. The molecule has 5 heteroatoms. The van der Waals surface area contributed by atoms with E-state index >= 15 is 0 Å². The van der Waals surface area contributed by atoms with E-state index < -0.39 is 5.82 Å². The molecule has 1 saturated heterocycles. The Balaban J connectivity index is 0.00000162. The van der Waals surface area contributed by atoms with Crippen molar-refractivity contribution >= 4 is 18.3 Å². The van der Waals surface area contributed by atoms with Gasteiger partial charge in [0, 0.05) is 19.1 Å². The van der Waals surface area contributed by atoms with Gasteiger partial charge in [-0.25, -0.2) is 4.39 Å². The fourth-order valence-electron chi connectivity index (χ4n) is 2.16. The number of piperidine rings is 1. The van der Waals surface area contributed by atoms with E-state index in [9.17, 15) is 9.18 Å². The maximum Gasteiger partial charge on any atom is 0.256 e. The third kappa shape index (κ3) is 3.21. The molecule has 1 aliphatic rings. The first kappa shape index (κ1) is 14.9. The van der Waals surface area contributed by atoms with Crippen LogP contribution in [0.25, 0.3) is 0 Å². The third-order valence-corrected chi connectivity index (χ3v) is 3.10. The van der Waals surface area contributed by atoms with Gasteiger partial charge >= 0.3 is 0 Å². The molecule has 3 nitrogen and oxygen atoms in total. The van der Waals surface area contributed by atoms with Gasteiger partial charge in [-0.2, -0.15) is 0 Å². The Labute approximate surface area is 113 Å². The van der Waals surface area contributed by atoms with E-state index in [4.69, 9.17) is 5.73 Å². The average Bonchev–Trinajstić information content (AvgIpc) is 2.28. The Morgan fingerprint density at radius 2 is 2.22 bits per heavy atom. The number of aryl methyl sites for hydroxylation is 1. The normalized spacial score (nSPS) is 19.3. The van der Waals surface area contributed by atoms with Crippen LogP contribution in [0.1, 0.15) is 28.8 Å². The Morgan fingerprint density at radius 1 is 1.50 bits per heavy atom. The van der Waals surface area contributed by atoms with Gasteiger partial charge in [-0.05, 0) is 37.5 Å². The maximum atomic E-state index is 13.7. The van der Waals surface area contributed by atoms with Crippen molar-refractivity contribution in [2.75, 3.05) is 13.1 Å². The summed E-state index contributed by atoms with van der Waals surface area (Å²) in [4.78, 5) is 13.7. The summed E-state index contributed by atoms with van der Waals surface area (Å²) in [7, 11) is 0. The molecule has 18 heavy (non-hydrogen) atoms. The molecule has 0 saturated carbocycles. The van der Waals surface area contributed by atoms with Crippen LogP contribution in [0, 0.1) is 12.7 Å². The molecule has 100 valence electrons. The molecule has 1 atom stereocenters. The zero-order valence-electron chi connectivity index (χ0n) is 10.4. The van der Waals surface area contributed by atoms with Gasteiger partial charge in [-0.15, -0.1) is 12.4 Å². The number of likely N-dealkylation sites (tertiary alicyclic amines) is 1. The Morgan fingerprint density at radius 3 is 2.83 bits per heavy atom. The van der Waals surface area contributed by atoms with E-state index in [-0.39, 0.29) is 29.9 Å². The minimum Gasteiger partial charge on any atom is -0.337 e. The van der Waals surface area contributed by atoms with E-state index in [1.165, 1.54) is 6.07 Å². The molecule has 1 aromatic carbocycles. The lowest BCUT2D eigenvalue weighted by molar-refractivity contribution is 0.0704. The van der Waals surface area contributed by atoms with Crippen LogP contribution in [-0.2, 0) is 0 Å². The summed E-state index contributed by atoms with van der Waals surface area (Å²) in [5.41, 5.74) is 6.77. The molecule has 0 aliphatic carbocycles. The molecule has 1 aliphatic heterocycles. The summed E-state index contributed by atoms with van der Waals surface area (Å²) < 4.78 is 13.7. The van der Waals surface area contributed by atoms with Gasteiger partial charge in [0.05, 0.1) is 5.56 Å². The predicted octanol–water partition coefficient (Wildman–Crippen LogP) is 2.12. The minimum absolute atomic E-state index is 0. The zero-order valence-corrected chi connectivity index (χ0v) is 11.2. The van der Waals surface area contributed by atoms with Crippen molar-refractivity contribution < 1.29 is 9.18 Å². The second kappa shape index (κ2) is 6.16. The van der Waals surface area contributed by atoms with Crippen molar-refractivity contribution in [2.45, 2.75) is 25.8 Å². The predicted molar refractivity (Wildman–Crippen MR) is 71.5 cm³/mol. The lowest BCUT2D eigenvalue weighted by Crippen LogP contribution is -2.45. The van der Waals surface area contributed by atoms with Crippen molar-refractivity contribution in [3.63, 3.8) is 0 Å². The number of benzene rings is 1. The molecular weight excluding hydrogens is 255 g/mol. The zero-order chi connectivity index (χ0) is 12.4. The fraction of sp³-hybridized carbons (Fsp3) is 0.462. The first-order valence-corrected chi connectivity index (χ1v) is 5.89. The summed E-state index contributed by atoms with van der Waals surface area (Å²) in [6, 6.07) is 4.70. The van der Waals surface area contributed by atoms with Crippen LogP contribution in [0.2, 0.25) is 0 Å². The summed E-state index contributed by atoms with van der Waals surface area (Å²) >= 11 is 0. The van der Waals surface area contributed by atoms with Crippen LogP contribution in [-0.4, -0.2) is 29.9 Å². The van der Waals surface area contributed by atoms with Gasteiger partial charge in [-0.1, -0.05) is 6.07 Å². The molecule has 1 fully saturated rings. The SMILES string of the molecule is Cc1ccc(C(=O)N2CCC[C@@H](N)C2)c(F)c1.Cl. The van der Waals surface area contributed by atoms with Crippen LogP contribution in [0.3, 0.4) is 0 Å². The molecule has 1 aromatic rings. The van der Waals surface area contributed by atoms with Crippen LogP contribution in [0.4, 0.5) is 4.39 Å². The maximum absolute atomic E-state index is 13.7. The van der Waals surface area contributed by atoms with Crippen LogP contribution >= 0.6 is 12.4 Å². The quantitative estimate of drug-likeness (QED) is 0.851. The molecule has 0 aromatic heterocycles. The lowest BCUT2D eigenvalue weighted by Gasteiger charge is -2.30. The van der Waals surface area contributed by atoms with Crippen molar-refractivity contribution in [3.8, 4) is 0 Å². The minimum atomic E-state index is -0.450. The average molecular weight is 273 g/mol. The van der Waals surface area contributed by atoms with Gasteiger partial charge in [0.2, 0.25) is 0 Å². The van der Waals surface area contributed by atoms with Gasteiger partial charge in [0.25, 0.3) is 5.91 Å². The molecule has 1 heterocycles. The number of amides is 1. The summed E-state index contributed by atoms with van der Waals surface area (Å²) in [5.74, 6) is -0.702. The molecule has 0 bridgehead atoms. The van der Waals surface area contributed by atoms with Crippen molar-refractivity contribution in [2.24, 2.45) is 5.73 Å². The number of carbonyl (C=O) groups excluding carboxylic acids is 1. The van der Waals surface area contributed by atoms with Crippen LogP contribution in [0.15, 0.2) is 18.2 Å². The lowest BCUT2D eigenvalue weighted by atomic mass is 10.0. The Kier molecular flexibility index (Phi) is 5.11. The monoisotopic (exact) mass is 272 g/mol. The highest BCUT2D eigenvalue weighted by molar-refractivity contribution is 5.94. The van der Waals surface area contributed by atoms with Crippen LogP contribution < -0.4 is 5.73 Å². The standard InChI is InChI=1S/C13H17FN2O.ClH/c1-9-4-5-11(12(14)7-9)13(17)16-6-2-3-10(15)8-16;/h4-5,7,10H,2-3,6,8,15H2,1H3;1H/t10-;/m1./s1. The molecule has 2 rings (SSSR count). The van der Waals surface area contributed by atoms with E-state index in [1.54, 1.807) is 24.0 Å². The first-order valence-electron chi connectivity index (χ1n) is 5.89. The highest BCUT2D eigenvalue weighted by Gasteiger charge is 2.24. The Bertz CT molecular complexity index is 439. The number of hydrogen-bond donors (Lipinski definition) is 1. The smallest absolute Gasteiger partial charge is 0.256 e. The highest BCUT2D eigenvalue weighted by atomic mass is 35.5. The van der Waals surface area contributed by atoms with Crippen molar-refractivity contribution in [1.29, 1.82) is 0 Å². The van der Waals surface area contributed by atoms with E-state index in [0.717, 1.165) is 18.4 Å². The number of halogens is 2. The molecule has 0 spiro atoms. The molecule has 0 unspecified atom stereocenters. The number of rotatable bonds is 1. The van der Waals surface area contributed by atoms with Crippen molar-refractivity contribution in [3.05, 3.63) is 35.1 Å². The number of nitrogens with zero attached hydrogens (tertiary/aromatic N) is 1. The van der Waals surface area contributed by atoms with Gasteiger partial charge < -0.3 is 10.6 Å². The molecule has 1 amide bonds. The van der Waals surface area contributed by atoms with Gasteiger partial charge in [0.15, 0.2) is 0 Å². The number of nitrogens with two attached hydrogens (primary N) is 1. The number of hydrogen-bond acceptors (Lipinski definition) is 2. The van der Waals surface area contributed by atoms with E-state index in [2.05, 4.69) is 0 Å². The van der Waals surface area contributed by atoms with E-state index in [1.807, 2.05) is 0 Å². The first-order chi connectivity index (χ1) is 8.08. The Hall–Kier alpha value is -1.13. The summed E-state index contributed by atoms with van der Waals surface area (Å²) in [5, 5.41) is 0. The van der Waals surface area contributed by atoms with Gasteiger partial charge in [-0.3, -0.25) is 4.79 Å². The molecular formula is C13H18ClFN2O. The largest absolute Gasteiger partial charge is 0.337 e. The van der Waals surface area contributed by atoms with Crippen LogP contribution in [0.5, 0.6) is 0 Å². The van der Waals surface area contributed by atoms with Crippen molar-refractivity contribution in [1.82, 2.24) is 4.90 Å². The summed E-state index contributed by atoms with van der Waals surface area (Å²) in [6.07, 6.45) is 1.82. The topological polar surface area (TPSA) is 46.3 Å².